The van der Waals surface area contributed by atoms with E-state index in [1.165, 1.54) is 14.2 Å². The molecule has 2 saturated carbocycles. The second-order valence-electron chi connectivity index (χ2n) is 10.0. The van der Waals surface area contributed by atoms with E-state index in [9.17, 15) is 19.2 Å². The zero-order chi connectivity index (χ0) is 27.3. The number of hydrogen-bond donors (Lipinski definition) is 0. The molecule has 4 aliphatic rings. The second-order valence-corrected chi connectivity index (χ2v) is 13.9. The summed E-state index contributed by atoms with van der Waals surface area (Å²) in [5.74, 6) is -1.81. The normalized spacial score (nSPS) is 35.5. The molecule has 200 valence electrons. The molecule has 0 radical (unpaired) electrons. The Morgan fingerprint density at radius 2 is 1.08 bits per heavy atom. The van der Waals surface area contributed by atoms with Crippen molar-refractivity contribution in [2.45, 2.75) is 44.7 Å². The molecule has 2 aromatic carbocycles. The van der Waals surface area contributed by atoms with Gasteiger partial charge in [0.1, 0.15) is 12.2 Å². The highest BCUT2D eigenvalue weighted by atomic mass is 127. The Morgan fingerprint density at radius 1 is 0.737 bits per heavy atom. The molecule has 0 aromatic heterocycles. The number of cyclic esters (lactones) is 2. The Bertz CT molecular complexity index is 1190. The lowest BCUT2D eigenvalue weighted by Crippen LogP contribution is -2.29. The number of carbonyl (C=O) groups excluding carboxylic acids is 4. The smallest absolute Gasteiger partial charge is 0.325 e. The summed E-state index contributed by atoms with van der Waals surface area (Å²) in [5.41, 5.74) is 0.0663. The molecular weight excluding hydrogens is 718 g/mol. The first-order valence-electron chi connectivity index (χ1n) is 12.1. The van der Waals surface area contributed by atoms with Crippen molar-refractivity contribution in [3.05, 3.63) is 71.8 Å². The number of hydrogen-bond acceptors (Lipinski definition) is 8. The zero-order valence-corrected chi connectivity index (χ0v) is 25.1. The van der Waals surface area contributed by atoms with Crippen LogP contribution >= 0.6 is 45.2 Å². The van der Waals surface area contributed by atoms with Crippen LogP contribution in [0.3, 0.4) is 0 Å². The van der Waals surface area contributed by atoms with Crippen molar-refractivity contribution in [2.24, 2.45) is 10.8 Å². The van der Waals surface area contributed by atoms with Crippen molar-refractivity contribution in [3.63, 3.8) is 0 Å². The summed E-state index contributed by atoms with van der Waals surface area (Å²) in [7, 11) is 2.62. The van der Waals surface area contributed by atoms with Crippen molar-refractivity contribution in [3.8, 4) is 0 Å². The van der Waals surface area contributed by atoms with Gasteiger partial charge in [0.15, 0.2) is 10.8 Å². The molecule has 0 bridgehead atoms. The largest absolute Gasteiger partial charge is 0.468 e. The molecule has 10 heteroatoms. The summed E-state index contributed by atoms with van der Waals surface area (Å²) in [6.07, 6.45) is 1.78. The van der Waals surface area contributed by atoms with Crippen LogP contribution in [-0.2, 0) is 51.0 Å². The SMILES string of the molecule is COC(=O)[C@@]12C[C@]1(I)[C@H](Cc1ccccc1)OC2=O.COC(=O)[C@]12C[C@@]1(I)[C@@H](Cc1ccccc1)OC2=O. The van der Waals surface area contributed by atoms with Crippen LogP contribution in [0.5, 0.6) is 0 Å². The maximum atomic E-state index is 12.0. The van der Waals surface area contributed by atoms with E-state index < -0.39 is 41.6 Å². The lowest BCUT2D eigenvalue weighted by molar-refractivity contribution is -0.161. The molecule has 8 nitrogen and oxygen atoms in total. The molecule has 2 aliphatic carbocycles. The fourth-order valence-corrected chi connectivity index (χ4v) is 8.37. The van der Waals surface area contributed by atoms with Crippen LogP contribution in [0.25, 0.3) is 0 Å². The number of esters is 4. The Kier molecular flexibility index (Phi) is 7.02. The van der Waals surface area contributed by atoms with E-state index in [1.54, 1.807) is 0 Å². The molecule has 6 atom stereocenters. The lowest BCUT2D eigenvalue weighted by atomic mass is 10.0. The van der Waals surface area contributed by atoms with E-state index in [0.717, 1.165) is 11.1 Å². The van der Waals surface area contributed by atoms with Gasteiger partial charge >= 0.3 is 23.9 Å². The molecule has 0 spiro atoms. The van der Waals surface area contributed by atoms with Gasteiger partial charge in [-0.05, 0) is 24.0 Å². The Labute approximate surface area is 247 Å². The van der Waals surface area contributed by atoms with E-state index in [4.69, 9.17) is 18.9 Å². The van der Waals surface area contributed by atoms with Crippen LogP contribution in [0.2, 0.25) is 0 Å². The number of methoxy groups -OCH3 is 2. The van der Waals surface area contributed by atoms with E-state index in [1.807, 2.05) is 60.7 Å². The Hall–Kier alpha value is -2.22. The fourth-order valence-electron chi connectivity index (χ4n) is 5.65. The van der Waals surface area contributed by atoms with Gasteiger partial charge in [0.2, 0.25) is 0 Å². The van der Waals surface area contributed by atoms with Crippen molar-refractivity contribution in [1.82, 2.24) is 0 Å². The van der Waals surface area contributed by atoms with Gasteiger partial charge in [-0.15, -0.1) is 0 Å². The van der Waals surface area contributed by atoms with Gasteiger partial charge in [0, 0.05) is 12.8 Å². The molecule has 2 aliphatic heterocycles. The summed E-state index contributed by atoms with van der Waals surface area (Å²) in [4.78, 5) is 47.8. The number of alkyl halides is 2. The number of halogens is 2. The average Bonchev–Trinajstić information content (AvgIpc) is 3.74. The van der Waals surface area contributed by atoms with Crippen molar-refractivity contribution in [2.75, 3.05) is 14.2 Å². The minimum absolute atomic E-state index is 0.262. The molecule has 0 N–H and O–H groups in total. The summed E-state index contributed by atoms with van der Waals surface area (Å²) >= 11 is 4.38. The van der Waals surface area contributed by atoms with Crippen LogP contribution < -0.4 is 0 Å². The van der Waals surface area contributed by atoms with E-state index in [-0.39, 0.29) is 12.2 Å². The van der Waals surface area contributed by atoms with E-state index >= 15 is 0 Å². The third kappa shape index (κ3) is 3.96. The predicted octanol–water partition coefficient (Wildman–Crippen LogP) is 3.78. The van der Waals surface area contributed by atoms with Gasteiger partial charge < -0.3 is 18.9 Å². The topological polar surface area (TPSA) is 105 Å². The number of fused-ring (bicyclic) bond motifs is 2. The van der Waals surface area contributed by atoms with Gasteiger partial charge in [-0.25, -0.2) is 0 Å². The molecule has 0 unspecified atom stereocenters. The summed E-state index contributed by atoms with van der Waals surface area (Å²) in [5, 5.41) is 0. The molecule has 2 aromatic rings. The quantitative estimate of drug-likeness (QED) is 0.145. The molecule has 6 rings (SSSR count). The minimum atomic E-state index is -1.07. The fraction of sp³-hybridized carbons (Fsp3) is 0.429. The molecule has 2 heterocycles. The number of benzene rings is 2. The Morgan fingerprint density at radius 3 is 1.37 bits per heavy atom. The third-order valence-corrected chi connectivity index (χ3v) is 12.0. The number of ether oxygens (including phenoxy) is 4. The first-order chi connectivity index (χ1) is 18.1. The summed E-state index contributed by atoms with van der Waals surface area (Å²) in [6.45, 7) is 0. The number of rotatable bonds is 6. The average molecular weight is 744 g/mol. The first-order valence-corrected chi connectivity index (χ1v) is 14.3. The van der Waals surface area contributed by atoms with Gasteiger partial charge in [0.25, 0.3) is 0 Å². The Balaban J connectivity index is 0.000000155. The van der Waals surface area contributed by atoms with Crippen LogP contribution in [0, 0.1) is 10.8 Å². The second kappa shape index (κ2) is 9.76. The van der Waals surface area contributed by atoms with Crippen molar-refractivity contribution < 1.29 is 38.1 Å². The van der Waals surface area contributed by atoms with Gasteiger partial charge in [-0.2, -0.15) is 0 Å². The monoisotopic (exact) mass is 744 g/mol. The standard InChI is InChI=1S/2C14H13IO4/c2*1-18-11(16)13-8-14(13,15)10(19-12(13)17)7-9-5-3-2-4-6-9/h2*2-6,10H,7-8H2,1H3/t2*10-,13+,14-/m10/s1. The highest BCUT2D eigenvalue weighted by Crippen LogP contribution is 2.71. The molecule has 0 amide bonds. The van der Waals surface area contributed by atoms with Crippen LogP contribution in [0.1, 0.15) is 24.0 Å². The van der Waals surface area contributed by atoms with E-state index in [2.05, 4.69) is 45.2 Å². The van der Waals surface area contributed by atoms with Crippen molar-refractivity contribution >= 4 is 69.1 Å². The predicted molar refractivity (Wildman–Crippen MR) is 152 cm³/mol. The lowest BCUT2D eigenvalue weighted by Gasteiger charge is -2.16. The molecule has 2 saturated heterocycles. The van der Waals surface area contributed by atoms with E-state index in [0.29, 0.717) is 25.7 Å². The van der Waals surface area contributed by atoms with Gasteiger partial charge in [-0.3, -0.25) is 19.2 Å². The van der Waals surface area contributed by atoms with Crippen molar-refractivity contribution in [1.29, 1.82) is 0 Å². The maximum absolute atomic E-state index is 12.0. The highest BCUT2D eigenvalue weighted by molar-refractivity contribution is 14.1. The van der Waals surface area contributed by atoms with Gasteiger partial charge in [-0.1, -0.05) is 106 Å². The zero-order valence-electron chi connectivity index (χ0n) is 20.8. The van der Waals surface area contributed by atoms with Gasteiger partial charge in [0.05, 0.1) is 21.1 Å². The van der Waals surface area contributed by atoms with Crippen LogP contribution in [-0.4, -0.2) is 57.1 Å². The maximum Gasteiger partial charge on any atom is 0.325 e. The molecule has 4 fully saturated rings. The third-order valence-electron chi connectivity index (χ3n) is 8.03. The summed E-state index contributed by atoms with van der Waals surface area (Å²) in [6, 6.07) is 19.7. The first kappa shape index (κ1) is 27.4. The highest BCUT2D eigenvalue weighted by Gasteiger charge is 2.86. The molecular formula is C28H26I2O8. The minimum Gasteiger partial charge on any atom is -0.468 e. The summed E-state index contributed by atoms with van der Waals surface area (Å²) < 4.78 is 19.4. The number of carbonyl (C=O) groups is 4. The van der Waals surface area contributed by atoms with Crippen LogP contribution in [0.15, 0.2) is 60.7 Å². The van der Waals surface area contributed by atoms with Crippen LogP contribution in [0.4, 0.5) is 0 Å². The molecule has 38 heavy (non-hydrogen) atoms.